The SMILES string of the molecule is O=C(O)Cc1nn(Cc2cc(F)cc(Br)c2)c(=O)c2ccccc12. The number of hydrogen-bond acceptors (Lipinski definition) is 3. The Hall–Kier alpha value is -2.54. The standard InChI is InChI=1S/C17H12BrFN2O3/c18-11-5-10(6-12(19)7-11)9-21-17(24)14-4-2-1-3-13(14)15(20-21)8-16(22)23/h1-7H,8-9H2,(H,22,23). The number of carboxylic acid groups (broad SMARTS) is 1. The van der Waals surface area contributed by atoms with E-state index >= 15 is 0 Å². The van der Waals surface area contributed by atoms with Crippen LogP contribution in [-0.2, 0) is 17.8 Å². The molecule has 7 heteroatoms. The van der Waals surface area contributed by atoms with Crippen LogP contribution in [0.4, 0.5) is 4.39 Å². The third-order valence-electron chi connectivity index (χ3n) is 3.52. The monoisotopic (exact) mass is 390 g/mol. The summed E-state index contributed by atoms with van der Waals surface area (Å²) in [7, 11) is 0. The van der Waals surface area contributed by atoms with Crippen LogP contribution in [-0.4, -0.2) is 20.9 Å². The van der Waals surface area contributed by atoms with Crippen molar-refractivity contribution in [1.82, 2.24) is 9.78 Å². The Morgan fingerprint density at radius 1 is 1.21 bits per heavy atom. The second-order valence-electron chi connectivity index (χ2n) is 5.30. The van der Waals surface area contributed by atoms with E-state index in [1.165, 1.54) is 16.8 Å². The van der Waals surface area contributed by atoms with E-state index in [0.29, 0.717) is 26.5 Å². The number of nitrogens with zero attached hydrogens (tertiary/aromatic N) is 2. The summed E-state index contributed by atoms with van der Waals surface area (Å²) in [5.41, 5.74) is 0.501. The molecule has 0 aliphatic heterocycles. The number of aliphatic carboxylic acids is 1. The van der Waals surface area contributed by atoms with Gasteiger partial charge in [-0.25, -0.2) is 9.07 Å². The van der Waals surface area contributed by atoms with Crippen molar-refractivity contribution in [1.29, 1.82) is 0 Å². The summed E-state index contributed by atoms with van der Waals surface area (Å²) in [4.78, 5) is 23.7. The lowest BCUT2D eigenvalue weighted by molar-refractivity contribution is -0.136. The second kappa shape index (κ2) is 6.52. The molecular weight excluding hydrogens is 379 g/mol. The minimum absolute atomic E-state index is 0.0483. The van der Waals surface area contributed by atoms with E-state index in [2.05, 4.69) is 21.0 Å². The summed E-state index contributed by atoms with van der Waals surface area (Å²) in [6.45, 7) is 0.0483. The highest BCUT2D eigenvalue weighted by Crippen LogP contribution is 2.17. The van der Waals surface area contributed by atoms with Crippen LogP contribution in [0.3, 0.4) is 0 Å². The maximum atomic E-state index is 13.5. The second-order valence-corrected chi connectivity index (χ2v) is 6.22. The molecule has 0 fully saturated rings. The van der Waals surface area contributed by atoms with E-state index in [0.717, 1.165) is 0 Å². The van der Waals surface area contributed by atoms with Crippen molar-refractivity contribution in [3.63, 3.8) is 0 Å². The maximum absolute atomic E-state index is 13.5. The molecule has 1 heterocycles. The van der Waals surface area contributed by atoms with Gasteiger partial charge in [0.25, 0.3) is 5.56 Å². The minimum atomic E-state index is -1.04. The quantitative estimate of drug-likeness (QED) is 0.743. The average Bonchev–Trinajstić information content (AvgIpc) is 2.50. The Bertz CT molecular complexity index is 981. The Kier molecular flexibility index (Phi) is 4.44. The largest absolute Gasteiger partial charge is 0.481 e. The number of hydrogen-bond donors (Lipinski definition) is 1. The molecule has 1 aromatic heterocycles. The minimum Gasteiger partial charge on any atom is -0.481 e. The predicted octanol–water partition coefficient (Wildman–Crippen LogP) is 2.97. The number of benzene rings is 2. The maximum Gasteiger partial charge on any atom is 0.309 e. The molecule has 122 valence electrons. The van der Waals surface area contributed by atoms with Gasteiger partial charge in [-0.15, -0.1) is 0 Å². The van der Waals surface area contributed by atoms with Crippen molar-refractivity contribution >= 4 is 32.7 Å². The van der Waals surface area contributed by atoms with Gasteiger partial charge in [-0.05, 0) is 29.8 Å². The number of halogens is 2. The smallest absolute Gasteiger partial charge is 0.309 e. The van der Waals surface area contributed by atoms with Crippen LogP contribution in [0, 0.1) is 5.82 Å². The third-order valence-corrected chi connectivity index (χ3v) is 3.98. The number of fused-ring (bicyclic) bond motifs is 1. The van der Waals surface area contributed by atoms with Gasteiger partial charge in [0.05, 0.1) is 24.0 Å². The molecule has 0 unspecified atom stereocenters. The van der Waals surface area contributed by atoms with E-state index in [9.17, 15) is 14.0 Å². The van der Waals surface area contributed by atoms with Gasteiger partial charge in [0.2, 0.25) is 0 Å². The average molecular weight is 391 g/mol. The number of rotatable bonds is 4. The fourth-order valence-corrected chi connectivity index (χ4v) is 3.07. The Balaban J connectivity index is 2.15. The van der Waals surface area contributed by atoms with Crippen LogP contribution in [0.25, 0.3) is 10.8 Å². The molecule has 0 saturated carbocycles. The fraction of sp³-hybridized carbons (Fsp3) is 0.118. The van der Waals surface area contributed by atoms with Gasteiger partial charge < -0.3 is 5.11 Å². The predicted molar refractivity (Wildman–Crippen MR) is 90.5 cm³/mol. The van der Waals surface area contributed by atoms with Crippen molar-refractivity contribution in [2.45, 2.75) is 13.0 Å². The first kappa shape index (κ1) is 16.3. The van der Waals surface area contributed by atoms with Gasteiger partial charge in [-0.3, -0.25) is 9.59 Å². The Morgan fingerprint density at radius 3 is 2.58 bits per heavy atom. The molecule has 0 bridgehead atoms. The molecule has 0 aliphatic rings. The topological polar surface area (TPSA) is 72.2 Å². The van der Waals surface area contributed by atoms with E-state index in [1.54, 1.807) is 30.3 Å². The zero-order valence-corrected chi connectivity index (χ0v) is 14.0. The normalized spacial score (nSPS) is 10.9. The van der Waals surface area contributed by atoms with E-state index in [1.807, 2.05) is 0 Å². The molecule has 3 aromatic rings. The summed E-state index contributed by atoms with van der Waals surface area (Å²) in [5, 5.41) is 14.2. The van der Waals surface area contributed by atoms with E-state index < -0.39 is 11.8 Å². The molecule has 0 saturated heterocycles. The summed E-state index contributed by atoms with van der Waals surface area (Å²) < 4.78 is 15.2. The van der Waals surface area contributed by atoms with Gasteiger partial charge in [0.15, 0.2) is 0 Å². The molecule has 0 radical (unpaired) electrons. The number of carboxylic acids is 1. The number of aromatic nitrogens is 2. The van der Waals surface area contributed by atoms with Crippen LogP contribution in [0.1, 0.15) is 11.3 Å². The lowest BCUT2D eigenvalue weighted by atomic mass is 10.1. The summed E-state index contributed by atoms with van der Waals surface area (Å²) in [6, 6.07) is 11.0. The summed E-state index contributed by atoms with van der Waals surface area (Å²) in [5.74, 6) is -1.47. The fourth-order valence-electron chi connectivity index (χ4n) is 2.56. The van der Waals surface area contributed by atoms with E-state index in [4.69, 9.17) is 5.11 Å². The molecule has 1 N–H and O–H groups in total. The third kappa shape index (κ3) is 3.35. The molecule has 0 spiro atoms. The van der Waals surface area contributed by atoms with Crippen molar-refractivity contribution < 1.29 is 14.3 Å². The van der Waals surface area contributed by atoms with Crippen molar-refractivity contribution in [2.75, 3.05) is 0 Å². The lowest BCUT2D eigenvalue weighted by Crippen LogP contribution is -2.26. The van der Waals surface area contributed by atoms with Crippen LogP contribution in [0.15, 0.2) is 51.7 Å². The van der Waals surface area contributed by atoms with Gasteiger partial charge in [-0.2, -0.15) is 5.10 Å². The van der Waals surface area contributed by atoms with Crippen molar-refractivity contribution in [3.8, 4) is 0 Å². The number of carbonyl (C=O) groups is 1. The molecule has 0 atom stereocenters. The first-order valence-electron chi connectivity index (χ1n) is 7.09. The first-order chi connectivity index (χ1) is 11.4. The van der Waals surface area contributed by atoms with E-state index in [-0.39, 0.29) is 18.5 Å². The zero-order valence-electron chi connectivity index (χ0n) is 12.4. The molecule has 0 amide bonds. The van der Waals surface area contributed by atoms with Gasteiger partial charge in [-0.1, -0.05) is 34.1 Å². The highest BCUT2D eigenvalue weighted by Gasteiger charge is 2.13. The molecule has 3 rings (SSSR count). The lowest BCUT2D eigenvalue weighted by Gasteiger charge is -2.10. The highest BCUT2D eigenvalue weighted by atomic mass is 79.9. The Labute approximate surface area is 144 Å². The molecule has 0 aliphatic carbocycles. The van der Waals surface area contributed by atoms with Crippen molar-refractivity contribution in [2.24, 2.45) is 0 Å². The first-order valence-corrected chi connectivity index (χ1v) is 7.89. The van der Waals surface area contributed by atoms with Gasteiger partial charge in [0, 0.05) is 9.86 Å². The van der Waals surface area contributed by atoms with Crippen molar-refractivity contribution in [3.05, 3.63) is 74.4 Å². The molecule has 24 heavy (non-hydrogen) atoms. The Morgan fingerprint density at radius 2 is 1.92 bits per heavy atom. The van der Waals surface area contributed by atoms with Crippen LogP contribution in [0.5, 0.6) is 0 Å². The summed E-state index contributed by atoms with van der Waals surface area (Å²) in [6.07, 6.45) is -0.298. The zero-order chi connectivity index (χ0) is 17.3. The van der Waals surface area contributed by atoms with Crippen LogP contribution in [0.2, 0.25) is 0 Å². The van der Waals surface area contributed by atoms with Gasteiger partial charge in [0.1, 0.15) is 5.82 Å². The molecule has 2 aromatic carbocycles. The summed E-state index contributed by atoms with van der Waals surface area (Å²) >= 11 is 3.21. The molecular formula is C17H12BrFN2O3. The van der Waals surface area contributed by atoms with Crippen LogP contribution < -0.4 is 5.56 Å². The van der Waals surface area contributed by atoms with Gasteiger partial charge >= 0.3 is 5.97 Å². The molecule has 5 nitrogen and oxygen atoms in total. The van der Waals surface area contributed by atoms with Crippen LogP contribution >= 0.6 is 15.9 Å². The highest BCUT2D eigenvalue weighted by molar-refractivity contribution is 9.10.